The third-order valence-corrected chi connectivity index (χ3v) is 5.67. The van der Waals surface area contributed by atoms with Crippen molar-refractivity contribution < 1.29 is 38.1 Å². The van der Waals surface area contributed by atoms with Gasteiger partial charge in [-0.15, -0.1) is 0 Å². The van der Waals surface area contributed by atoms with Crippen molar-refractivity contribution in [2.45, 2.75) is 51.2 Å². The topological polar surface area (TPSA) is 105 Å². The van der Waals surface area contributed by atoms with Crippen LogP contribution in [0.25, 0.3) is 0 Å². The number of ether oxygens (including phenoxy) is 4. The molecular weight excluding hydrogens is 356 g/mol. The number of carbonyl (C=O) groups excluding carboxylic acids is 4. The van der Waals surface area contributed by atoms with Crippen molar-refractivity contribution in [3.8, 4) is 0 Å². The molecule has 3 rings (SSSR count). The molecule has 8 heteroatoms. The second-order valence-electron chi connectivity index (χ2n) is 7.60. The van der Waals surface area contributed by atoms with Gasteiger partial charge in [-0.3, -0.25) is 14.4 Å². The molecule has 148 valence electrons. The summed E-state index contributed by atoms with van der Waals surface area (Å²) in [7, 11) is 0. The Morgan fingerprint density at radius 2 is 1.81 bits per heavy atom. The van der Waals surface area contributed by atoms with Gasteiger partial charge in [-0.2, -0.15) is 0 Å². The fourth-order valence-electron chi connectivity index (χ4n) is 4.43. The molecule has 0 aromatic heterocycles. The Balaban J connectivity index is 1.37. The molecule has 0 N–H and O–H groups in total. The SMILES string of the molecule is C=C(C)C(=O)OCCOC(=O)CCC(=O)OC1C2CC3C(=O)OC1(C)C3C2. The number of rotatable bonds is 8. The number of hydrogen-bond acceptors (Lipinski definition) is 8. The molecule has 27 heavy (non-hydrogen) atoms. The van der Waals surface area contributed by atoms with Gasteiger partial charge in [-0.1, -0.05) is 6.58 Å². The minimum absolute atomic E-state index is 0.0658. The monoisotopic (exact) mass is 380 g/mol. The molecule has 2 aliphatic carbocycles. The summed E-state index contributed by atoms with van der Waals surface area (Å²) in [4.78, 5) is 46.8. The summed E-state index contributed by atoms with van der Waals surface area (Å²) < 4.78 is 20.8. The number of esters is 4. The van der Waals surface area contributed by atoms with Crippen LogP contribution >= 0.6 is 0 Å². The molecular formula is C19H24O8. The van der Waals surface area contributed by atoms with Crippen molar-refractivity contribution >= 4 is 23.9 Å². The van der Waals surface area contributed by atoms with Crippen LogP contribution in [0.1, 0.15) is 39.5 Å². The van der Waals surface area contributed by atoms with Crippen molar-refractivity contribution in [1.82, 2.24) is 0 Å². The van der Waals surface area contributed by atoms with Crippen molar-refractivity contribution in [1.29, 1.82) is 0 Å². The lowest BCUT2D eigenvalue weighted by molar-refractivity contribution is -0.175. The molecule has 2 saturated carbocycles. The van der Waals surface area contributed by atoms with Crippen LogP contribution < -0.4 is 0 Å². The highest BCUT2D eigenvalue weighted by molar-refractivity contribution is 5.86. The van der Waals surface area contributed by atoms with Gasteiger partial charge < -0.3 is 18.9 Å². The number of hydrogen-bond donors (Lipinski definition) is 0. The van der Waals surface area contributed by atoms with E-state index >= 15 is 0 Å². The number of fused-ring (bicyclic) bond motifs is 1. The van der Waals surface area contributed by atoms with Crippen molar-refractivity contribution in [2.24, 2.45) is 17.8 Å². The molecule has 5 unspecified atom stereocenters. The highest BCUT2D eigenvalue weighted by atomic mass is 16.6. The summed E-state index contributed by atoms with van der Waals surface area (Å²) in [6, 6.07) is 0. The van der Waals surface area contributed by atoms with Crippen LogP contribution in [0.15, 0.2) is 12.2 Å². The molecule has 8 nitrogen and oxygen atoms in total. The Hall–Kier alpha value is -2.38. The Kier molecular flexibility index (Phi) is 5.26. The van der Waals surface area contributed by atoms with Gasteiger partial charge in [0, 0.05) is 17.4 Å². The van der Waals surface area contributed by atoms with Crippen molar-refractivity contribution in [3.63, 3.8) is 0 Å². The maximum Gasteiger partial charge on any atom is 0.333 e. The molecule has 0 spiro atoms. The van der Waals surface area contributed by atoms with E-state index in [-0.39, 0.29) is 55.4 Å². The lowest BCUT2D eigenvalue weighted by Crippen LogP contribution is -2.46. The first kappa shape index (κ1) is 19.4. The first-order valence-electron chi connectivity index (χ1n) is 9.13. The van der Waals surface area contributed by atoms with Gasteiger partial charge in [0.1, 0.15) is 24.9 Å². The molecule has 3 fully saturated rings. The zero-order valence-corrected chi connectivity index (χ0v) is 15.5. The van der Waals surface area contributed by atoms with Crippen LogP contribution in [-0.4, -0.2) is 48.8 Å². The maximum absolute atomic E-state index is 12.1. The minimum atomic E-state index is -0.742. The van der Waals surface area contributed by atoms with Crippen LogP contribution in [0.5, 0.6) is 0 Å². The lowest BCUT2D eigenvalue weighted by atomic mass is 9.79. The average molecular weight is 380 g/mol. The summed E-state index contributed by atoms with van der Waals surface area (Å²) in [6.07, 6.45) is 0.826. The molecule has 1 saturated heterocycles. The molecule has 2 bridgehead atoms. The van der Waals surface area contributed by atoms with E-state index in [1.54, 1.807) is 0 Å². The maximum atomic E-state index is 12.1. The fraction of sp³-hybridized carbons (Fsp3) is 0.684. The van der Waals surface area contributed by atoms with E-state index in [1.165, 1.54) is 6.92 Å². The summed E-state index contributed by atoms with van der Waals surface area (Å²) in [5.74, 6) is -1.66. The molecule has 0 radical (unpaired) electrons. The van der Waals surface area contributed by atoms with Crippen LogP contribution in [0.3, 0.4) is 0 Å². The molecule has 0 aromatic carbocycles. The standard InChI is InChI=1S/C19H24O8/c1-10(2)17(22)25-7-6-24-14(20)4-5-15(21)26-16-11-8-12-13(9-11)19(16,3)27-18(12)23/h11-13,16H,1,4-9H2,2-3H3. The van der Waals surface area contributed by atoms with E-state index in [4.69, 9.17) is 18.9 Å². The van der Waals surface area contributed by atoms with Gasteiger partial charge in [0.15, 0.2) is 0 Å². The second kappa shape index (κ2) is 7.32. The van der Waals surface area contributed by atoms with Crippen molar-refractivity contribution in [3.05, 3.63) is 12.2 Å². The van der Waals surface area contributed by atoms with Crippen LogP contribution in [0, 0.1) is 17.8 Å². The first-order valence-corrected chi connectivity index (χ1v) is 9.13. The predicted octanol–water partition coefficient (Wildman–Crippen LogP) is 1.31. The summed E-state index contributed by atoms with van der Waals surface area (Å²) >= 11 is 0. The molecule has 1 heterocycles. The van der Waals surface area contributed by atoms with E-state index in [9.17, 15) is 19.2 Å². The molecule has 0 amide bonds. The van der Waals surface area contributed by atoms with Gasteiger partial charge in [0.05, 0.1) is 18.8 Å². The Labute approximate surface area is 157 Å². The summed E-state index contributed by atoms with van der Waals surface area (Å²) in [5.41, 5.74) is -0.480. The zero-order chi connectivity index (χ0) is 19.8. The second-order valence-corrected chi connectivity index (χ2v) is 7.60. The van der Waals surface area contributed by atoms with Crippen LogP contribution in [0.4, 0.5) is 0 Å². The van der Waals surface area contributed by atoms with Gasteiger partial charge in [-0.05, 0) is 26.7 Å². The summed E-state index contributed by atoms with van der Waals surface area (Å²) in [5, 5.41) is 0. The summed E-state index contributed by atoms with van der Waals surface area (Å²) in [6.45, 7) is 6.62. The highest BCUT2D eigenvalue weighted by Gasteiger charge is 2.70. The third kappa shape index (κ3) is 3.70. The highest BCUT2D eigenvalue weighted by Crippen LogP contribution is 2.61. The van der Waals surface area contributed by atoms with Crippen LogP contribution in [-0.2, 0) is 38.1 Å². The van der Waals surface area contributed by atoms with Gasteiger partial charge >= 0.3 is 23.9 Å². The van der Waals surface area contributed by atoms with Crippen LogP contribution in [0.2, 0.25) is 0 Å². The predicted molar refractivity (Wildman–Crippen MR) is 90.0 cm³/mol. The number of carbonyl (C=O) groups is 4. The van der Waals surface area contributed by atoms with E-state index in [0.29, 0.717) is 6.42 Å². The van der Waals surface area contributed by atoms with Crippen molar-refractivity contribution in [2.75, 3.05) is 13.2 Å². The zero-order valence-electron chi connectivity index (χ0n) is 15.5. The first-order chi connectivity index (χ1) is 12.7. The average Bonchev–Trinajstić information content (AvgIpc) is 3.20. The molecule has 3 aliphatic rings. The quantitative estimate of drug-likeness (QED) is 0.269. The minimum Gasteiger partial charge on any atom is -0.462 e. The largest absolute Gasteiger partial charge is 0.462 e. The van der Waals surface area contributed by atoms with Gasteiger partial charge in [0.2, 0.25) is 0 Å². The van der Waals surface area contributed by atoms with E-state index in [2.05, 4.69) is 6.58 Å². The van der Waals surface area contributed by atoms with E-state index < -0.39 is 29.6 Å². The lowest BCUT2D eigenvalue weighted by Gasteiger charge is -2.34. The molecule has 5 atom stereocenters. The Bertz CT molecular complexity index is 683. The van der Waals surface area contributed by atoms with E-state index in [1.807, 2.05) is 6.92 Å². The Morgan fingerprint density at radius 3 is 2.52 bits per heavy atom. The normalized spacial score (nSPS) is 32.7. The molecule has 1 aliphatic heterocycles. The Morgan fingerprint density at radius 1 is 1.15 bits per heavy atom. The fourth-order valence-corrected chi connectivity index (χ4v) is 4.43. The smallest absolute Gasteiger partial charge is 0.333 e. The third-order valence-electron chi connectivity index (χ3n) is 5.67. The van der Waals surface area contributed by atoms with E-state index in [0.717, 1.165) is 6.42 Å². The van der Waals surface area contributed by atoms with Gasteiger partial charge in [-0.25, -0.2) is 4.79 Å². The molecule has 0 aromatic rings. The van der Waals surface area contributed by atoms with Gasteiger partial charge in [0.25, 0.3) is 0 Å².